The third-order valence-corrected chi connectivity index (χ3v) is 6.42. The topological polar surface area (TPSA) is 74.8 Å². The van der Waals surface area contributed by atoms with Crippen LogP contribution in [0.5, 0.6) is 0 Å². The van der Waals surface area contributed by atoms with Crippen LogP contribution in [-0.2, 0) is 4.79 Å². The van der Waals surface area contributed by atoms with E-state index in [0.29, 0.717) is 21.3 Å². The summed E-state index contributed by atoms with van der Waals surface area (Å²) in [6.07, 6.45) is 0.883. The monoisotopic (exact) mass is 415 g/mol. The molecule has 0 aliphatic rings. The lowest BCUT2D eigenvalue weighted by atomic mass is 9.99. The minimum atomic E-state index is -0.168. The van der Waals surface area contributed by atoms with Gasteiger partial charge in [0.05, 0.1) is 11.1 Å². The summed E-state index contributed by atoms with van der Waals surface area (Å²) < 4.78 is 0. The van der Waals surface area contributed by atoms with Gasteiger partial charge in [-0.15, -0.1) is 11.3 Å². The molecule has 0 aliphatic carbocycles. The first-order valence-electron chi connectivity index (χ1n) is 9.43. The normalized spacial score (nSPS) is 12.5. The van der Waals surface area contributed by atoms with Gasteiger partial charge in [0.25, 0.3) is 5.56 Å². The predicted octanol–water partition coefficient (Wildman–Crippen LogP) is 4.78. The number of H-pyrrole nitrogens is 1. The van der Waals surface area contributed by atoms with E-state index in [-0.39, 0.29) is 23.3 Å². The minimum Gasteiger partial charge on any atom is -0.353 e. The minimum absolute atomic E-state index is 0.0563. The number of amides is 1. The lowest BCUT2D eigenvalue weighted by molar-refractivity contribution is -0.119. The molecule has 3 rings (SSSR count). The number of benzene rings is 1. The Hall–Kier alpha value is -2.12. The number of aromatic nitrogens is 2. The first-order valence-corrected chi connectivity index (χ1v) is 11.3. The van der Waals surface area contributed by atoms with E-state index in [0.717, 1.165) is 17.5 Å². The molecule has 2 N–H and O–H groups in total. The number of fused-ring (bicyclic) bond motifs is 1. The smallest absolute Gasteiger partial charge is 0.260 e. The number of aromatic amines is 1. The largest absolute Gasteiger partial charge is 0.353 e. The van der Waals surface area contributed by atoms with Crippen molar-refractivity contribution in [2.45, 2.75) is 51.2 Å². The summed E-state index contributed by atoms with van der Waals surface area (Å²) in [5.74, 6) is 0.642. The predicted molar refractivity (Wildman–Crippen MR) is 118 cm³/mol. The molecule has 2 heterocycles. The molecule has 1 amide bonds. The summed E-state index contributed by atoms with van der Waals surface area (Å²) in [4.78, 5) is 32.7. The van der Waals surface area contributed by atoms with Gasteiger partial charge in [0, 0.05) is 17.0 Å². The molecule has 0 saturated heterocycles. The number of thiophene rings is 1. The van der Waals surface area contributed by atoms with E-state index >= 15 is 0 Å². The Morgan fingerprint density at radius 2 is 1.96 bits per heavy atom. The van der Waals surface area contributed by atoms with Crippen LogP contribution in [0.15, 0.2) is 39.6 Å². The van der Waals surface area contributed by atoms with E-state index in [1.165, 1.54) is 28.7 Å². The zero-order valence-corrected chi connectivity index (χ0v) is 18.2. The number of hydrogen-bond acceptors (Lipinski definition) is 5. The SMILES string of the molecule is CCC(C)NC(=O)CSc1nc2scc(-c3ccc(C(C)C)cc3)c2c(=O)[nH]1. The molecule has 28 heavy (non-hydrogen) atoms. The van der Waals surface area contributed by atoms with E-state index in [9.17, 15) is 9.59 Å². The highest BCUT2D eigenvalue weighted by atomic mass is 32.2. The number of carbonyl (C=O) groups excluding carboxylic acids is 1. The van der Waals surface area contributed by atoms with Crippen LogP contribution in [0.1, 0.15) is 45.6 Å². The Kier molecular flexibility index (Phi) is 6.57. The molecule has 0 spiro atoms. The summed E-state index contributed by atoms with van der Waals surface area (Å²) in [5.41, 5.74) is 3.01. The molecule has 5 nitrogen and oxygen atoms in total. The maximum absolute atomic E-state index is 12.7. The van der Waals surface area contributed by atoms with Crippen molar-refractivity contribution in [1.29, 1.82) is 0 Å². The van der Waals surface area contributed by atoms with Gasteiger partial charge in [-0.05, 0) is 30.4 Å². The van der Waals surface area contributed by atoms with E-state index in [4.69, 9.17) is 0 Å². The summed E-state index contributed by atoms with van der Waals surface area (Å²) in [5, 5.41) is 5.97. The average Bonchev–Trinajstić information content (AvgIpc) is 3.11. The molecular weight excluding hydrogens is 390 g/mol. The van der Waals surface area contributed by atoms with Crippen LogP contribution in [0.2, 0.25) is 0 Å². The number of nitrogens with zero attached hydrogens (tertiary/aromatic N) is 1. The van der Waals surface area contributed by atoms with E-state index in [1.807, 2.05) is 19.2 Å². The number of rotatable bonds is 7. The van der Waals surface area contributed by atoms with Crippen molar-refractivity contribution in [3.05, 3.63) is 45.6 Å². The lowest BCUT2D eigenvalue weighted by Gasteiger charge is -2.10. The van der Waals surface area contributed by atoms with Gasteiger partial charge in [0.2, 0.25) is 5.91 Å². The molecule has 3 aromatic rings. The number of carbonyl (C=O) groups is 1. The van der Waals surface area contributed by atoms with Gasteiger partial charge < -0.3 is 10.3 Å². The molecular formula is C21H25N3O2S2. The van der Waals surface area contributed by atoms with Crippen LogP contribution in [0.25, 0.3) is 21.3 Å². The standard InChI is InChI=1S/C21H25N3O2S2/c1-5-13(4)22-17(25)11-28-21-23-19(26)18-16(10-27-20(18)24-21)15-8-6-14(7-9-15)12(2)3/h6-10,12-13H,5,11H2,1-4H3,(H,22,25)(H,23,24,26). The number of nitrogens with one attached hydrogen (secondary N) is 2. The Bertz CT molecular complexity index is 1020. The van der Waals surface area contributed by atoms with Crippen LogP contribution in [-0.4, -0.2) is 27.7 Å². The summed E-state index contributed by atoms with van der Waals surface area (Å²) in [7, 11) is 0. The third kappa shape index (κ3) is 4.64. The molecule has 0 saturated carbocycles. The van der Waals surface area contributed by atoms with Crippen molar-refractivity contribution < 1.29 is 4.79 Å². The van der Waals surface area contributed by atoms with Crippen molar-refractivity contribution >= 4 is 39.2 Å². The number of hydrogen-bond donors (Lipinski definition) is 2. The molecule has 1 unspecified atom stereocenters. The van der Waals surface area contributed by atoms with Gasteiger partial charge in [0.15, 0.2) is 5.16 Å². The highest BCUT2D eigenvalue weighted by Crippen LogP contribution is 2.32. The van der Waals surface area contributed by atoms with Gasteiger partial charge in [-0.1, -0.05) is 56.8 Å². The van der Waals surface area contributed by atoms with Crippen LogP contribution in [0.3, 0.4) is 0 Å². The third-order valence-electron chi connectivity index (χ3n) is 4.67. The quantitative estimate of drug-likeness (QED) is 0.430. The fraction of sp³-hybridized carbons (Fsp3) is 0.381. The molecule has 1 atom stereocenters. The van der Waals surface area contributed by atoms with E-state index in [1.54, 1.807) is 0 Å². The van der Waals surface area contributed by atoms with Gasteiger partial charge in [-0.3, -0.25) is 9.59 Å². The highest BCUT2D eigenvalue weighted by molar-refractivity contribution is 7.99. The lowest BCUT2D eigenvalue weighted by Crippen LogP contribution is -2.33. The van der Waals surface area contributed by atoms with Crippen LogP contribution in [0, 0.1) is 0 Å². The van der Waals surface area contributed by atoms with Crippen molar-refractivity contribution in [1.82, 2.24) is 15.3 Å². The fourth-order valence-corrected chi connectivity index (χ4v) is 4.49. The summed E-state index contributed by atoms with van der Waals surface area (Å²) in [6, 6.07) is 8.46. The number of thioether (sulfide) groups is 1. The second-order valence-electron chi connectivity index (χ2n) is 7.14. The Morgan fingerprint density at radius 3 is 2.61 bits per heavy atom. The van der Waals surface area contributed by atoms with Gasteiger partial charge in [-0.2, -0.15) is 0 Å². The van der Waals surface area contributed by atoms with Crippen LogP contribution >= 0.6 is 23.1 Å². The van der Waals surface area contributed by atoms with Gasteiger partial charge in [0.1, 0.15) is 4.83 Å². The summed E-state index contributed by atoms with van der Waals surface area (Å²) in [6.45, 7) is 8.31. The second kappa shape index (κ2) is 8.92. The van der Waals surface area contributed by atoms with Crippen molar-refractivity contribution in [3.8, 4) is 11.1 Å². The molecule has 0 radical (unpaired) electrons. The first-order chi connectivity index (χ1) is 13.4. The van der Waals surface area contributed by atoms with Gasteiger partial charge >= 0.3 is 0 Å². The zero-order valence-electron chi connectivity index (χ0n) is 16.5. The van der Waals surface area contributed by atoms with E-state index < -0.39 is 0 Å². The Balaban J connectivity index is 1.82. The molecule has 0 fully saturated rings. The highest BCUT2D eigenvalue weighted by Gasteiger charge is 2.14. The maximum Gasteiger partial charge on any atom is 0.260 e. The molecule has 7 heteroatoms. The molecule has 0 bridgehead atoms. The first kappa shape index (κ1) is 20.6. The molecule has 0 aliphatic heterocycles. The summed E-state index contributed by atoms with van der Waals surface area (Å²) >= 11 is 2.70. The average molecular weight is 416 g/mol. The van der Waals surface area contributed by atoms with Crippen LogP contribution < -0.4 is 10.9 Å². The van der Waals surface area contributed by atoms with E-state index in [2.05, 4.69) is 53.4 Å². The van der Waals surface area contributed by atoms with Crippen molar-refractivity contribution in [2.75, 3.05) is 5.75 Å². The second-order valence-corrected chi connectivity index (χ2v) is 8.96. The molecule has 1 aromatic carbocycles. The van der Waals surface area contributed by atoms with Crippen molar-refractivity contribution in [3.63, 3.8) is 0 Å². The zero-order chi connectivity index (χ0) is 20.3. The van der Waals surface area contributed by atoms with Crippen molar-refractivity contribution in [2.24, 2.45) is 0 Å². The molecule has 148 valence electrons. The van der Waals surface area contributed by atoms with Crippen LogP contribution in [0.4, 0.5) is 0 Å². The maximum atomic E-state index is 12.7. The Labute approximate surface area is 173 Å². The fourth-order valence-electron chi connectivity index (χ4n) is 2.81. The van der Waals surface area contributed by atoms with Gasteiger partial charge in [-0.25, -0.2) is 4.98 Å². The molecule has 2 aromatic heterocycles. The Morgan fingerprint density at radius 1 is 1.25 bits per heavy atom.